The standard InChI is InChI=1S/C16H17NO2/c1-12-4-3-5-16(10-12)19-11-14-6-8-15(9-7-14)17-13(2)18/h3-4,6-10H,1,5,11H2,2H3,(H,17,18). The summed E-state index contributed by atoms with van der Waals surface area (Å²) in [7, 11) is 0. The van der Waals surface area contributed by atoms with Gasteiger partial charge in [-0.05, 0) is 29.3 Å². The highest BCUT2D eigenvalue weighted by atomic mass is 16.5. The van der Waals surface area contributed by atoms with Crippen LogP contribution in [-0.4, -0.2) is 5.91 Å². The second-order valence-corrected chi connectivity index (χ2v) is 4.46. The summed E-state index contributed by atoms with van der Waals surface area (Å²) in [6, 6.07) is 7.63. The molecule has 1 aliphatic carbocycles. The Bertz CT molecular complexity index is 538. The molecule has 0 radical (unpaired) electrons. The molecule has 2 rings (SSSR count). The molecule has 1 aromatic rings. The van der Waals surface area contributed by atoms with Gasteiger partial charge in [0.25, 0.3) is 0 Å². The van der Waals surface area contributed by atoms with E-state index in [1.807, 2.05) is 42.5 Å². The Hall–Kier alpha value is -2.29. The Labute approximate surface area is 113 Å². The van der Waals surface area contributed by atoms with Crippen LogP contribution in [0.1, 0.15) is 18.9 Å². The molecule has 3 heteroatoms. The predicted octanol–water partition coefficient (Wildman–Crippen LogP) is 3.56. The van der Waals surface area contributed by atoms with E-state index in [2.05, 4.69) is 11.9 Å². The van der Waals surface area contributed by atoms with Crippen molar-refractivity contribution in [3.05, 3.63) is 66.0 Å². The smallest absolute Gasteiger partial charge is 0.221 e. The largest absolute Gasteiger partial charge is 0.493 e. The van der Waals surface area contributed by atoms with Gasteiger partial charge in [0.1, 0.15) is 12.4 Å². The minimum atomic E-state index is -0.0679. The molecule has 98 valence electrons. The van der Waals surface area contributed by atoms with E-state index in [0.29, 0.717) is 6.61 Å². The molecule has 0 aliphatic heterocycles. The zero-order chi connectivity index (χ0) is 13.7. The molecule has 0 atom stereocenters. The lowest BCUT2D eigenvalue weighted by Crippen LogP contribution is -2.05. The third-order valence-electron chi connectivity index (χ3n) is 2.70. The zero-order valence-electron chi connectivity index (χ0n) is 11.0. The van der Waals surface area contributed by atoms with E-state index >= 15 is 0 Å². The van der Waals surface area contributed by atoms with E-state index in [9.17, 15) is 4.79 Å². The quantitative estimate of drug-likeness (QED) is 0.893. The molecule has 0 fully saturated rings. The summed E-state index contributed by atoms with van der Waals surface area (Å²) in [6.45, 7) is 5.89. The molecule has 0 aromatic heterocycles. The SMILES string of the molecule is C=C1C=CCC(OCc2ccc(NC(C)=O)cc2)=C1. The Kier molecular flexibility index (Phi) is 4.18. The van der Waals surface area contributed by atoms with Gasteiger partial charge < -0.3 is 10.1 Å². The van der Waals surface area contributed by atoms with E-state index in [4.69, 9.17) is 4.74 Å². The van der Waals surface area contributed by atoms with Gasteiger partial charge in [0.05, 0.1) is 0 Å². The average Bonchev–Trinajstić information content (AvgIpc) is 2.37. The fourth-order valence-corrected chi connectivity index (χ4v) is 1.80. The van der Waals surface area contributed by atoms with Gasteiger partial charge in [-0.25, -0.2) is 0 Å². The summed E-state index contributed by atoms with van der Waals surface area (Å²) in [5.74, 6) is 0.861. The minimum absolute atomic E-state index is 0.0679. The van der Waals surface area contributed by atoms with Gasteiger partial charge in [-0.3, -0.25) is 4.79 Å². The first-order valence-corrected chi connectivity index (χ1v) is 6.19. The topological polar surface area (TPSA) is 38.3 Å². The van der Waals surface area contributed by atoms with Crippen molar-refractivity contribution in [2.45, 2.75) is 20.0 Å². The van der Waals surface area contributed by atoms with Gasteiger partial charge in [-0.1, -0.05) is 30.9 Å². The van der Waals surface area contributed by atoms with Crippen LogP contribution in [0.2, 0.25) is 0 Å². The van der Waals surface area contributed by atoms with Crippen LogP contribution in [0.15, 0.2) is 60.4 Å². The summed E-state index contributed by atoms with van der Waals surface area (Å²) < 4.78 is 5.72. The lowest BCUT2D eigenvalue weighted by atomic mass is 10.1. The molecule has 1 aromatic carbocycles. The van der Waals surface area contributed by atoms with Crippen LogP contribution in [0.4, 0.5) is 5.69 Å². The minimum Gasteiger partial charge on any atom is -0.493 e. The average molecular weight is 255 g/mol. The number of hydrogen-bond acceptors (Lipinski definition) is 2. The van der Waals surface area contributed by atoms with Gasteiger partial charge in [0.15, 0.2) is 0 Å². The van der Waals surface area contributed by atoms with Gasteiger partial charge in [-0.2, -0.15) is 0 Å². The first-order chi connectivity index (χ1) is 9.13. The van der Waals surface area contributed by atoms with Crippen molar-refractivity contribution in [3.8, 4) is 0 Å². The van der Waals surface area contributed by atoms with E-state index in [-0.39, 0.29) is 5.91 Å². The third kappa shape index (κ3) is 4.14. The molecule has 19 heavy (non-hydrogen) atoms. The highest BCUT2D eigenvalue weighted by molar-refractivity contribution is 5.88. The molecule has 0 spiro atoms. The number of allylic oxidation sites excluding steroid dienone is 4. The van der Waals surface area contributed by atoms with Gasteiger partial charge in [0, 0.05) is 19.0 Å². The molecule has 1 N–H and O–H groups in total. The van der Waals surface area contributed by atoms with Crippen LogP contribution >= 0.6 is 0 Å². The number of carbonyl (C=O) groups is 1. The first-order valence-electron chi connectivity index (χ1n) is 6.19. The maximum atomic E-state index is 10.9. The lowest BCUT2D eigenvalue weighted by molar-refractivity contribution is -0.114. The molecule has 0 saturated heterocycles. The second kappa shape index (κ2) is 6.05. The predicted molar refractivity (Wildman–Crippen MR) is 76.5 cm³/mol. The van der Waals surface area contributed by atoms with Crippen LogP contribution in [0.3, 0.4) is 0 Å². The third-order valence-corrected chi connectivity index (χ3v) is 2.70. The molecule has 0 saturated carbocycles. The molecule has 1 amide bonds. The van der Waals surface area contributed by atoms with Crippen LogP contribution < -0.4 is 5.32 Å². The zero-order valence-corrected chi connectivity index (χ0v) is 11.0. The molecule has 0 heterocycles. The fourth-order valence-electron chi connectivity index (χ4n) is 1.80. The summed E-state index contributed by atoms with van der Waals surface area (Å²) >= 11 is 0. The summed E-state index contributed by atoms with van der Waals surface area (Å²) in [5.41, 5.74) is 2.82. The number of benzene rings is 1. The highest BCUT2D eigenvalue weighted by Gasteiger charge is 2.03. The molecular formula is C16H17NO2. The van der Waals surface area contributed by atoms with Crippen molar-refractivity contribution in [2.75, 3.05) is 5.32 Å². The summed E-state index contributed by atoms with van der Waals surface area (Å²) in [4.78, 5) is 10.9. The fraction of sp³-hybridized carbons (Fsp3) is 0.188. The molecule has 0 bridgehead atoms. The maximum absolute atomic E-state index is 10.9. The number of carbonyl (C=O) groups excluding carboxylic acids is 1. The van der Waals surface area contributed by atoms with Gasteiger partial charge >= 0.3 is 0 Å². The van der Waals surface area contributed by atoms with E-state index < -0.39 is 0 Å². The molecule has 3 nitrogen and oxygen atoms in total. The highest BCUT2D eigenvalue weighted by Crippen LogP contribution is 2.18. The molecular weight excluding hydrogens is 238 g/mol. The first kappa shape index (κ1) is 13.1. The lowest BCUT2D eigenvalue weighted by Gasteiger charge is -2.12. The number of rotatable bonds is 4. The van der Waals surface area contributed by atoms with Crippen molar-refractivity contribution < 1.29 is 9.53 Å². The Morgan fingerprint density at radius 2 is 2.11 bits per heavy atom. The second-order valence-electron chi connectivity index (χ2n) is 4.46. The Morgan fingerprint density at radius 3 is 2.74 bits per heavy atom. The van der Waals surface area contributed by atoms with Crippen molar-refractivity contribution >= 4 is 11.6 Å². The Balaban J connectivity index is 1.89. The van der Waals surface area contributed by atoms with E-state index in [1.165, 1.54) is 6.92 Å². The molecule has 0 unspecified atom stereocenters. The Morgan fingerprint density at radius 1 is 1.37 bits per heavy atom. The normalized spacial score (nSPS) is 13.9. The number of anilines is 1. The maximum Gasteiger partial charge on any atom is 0.221 e. The van der Waals surface area contributed by atoms with Gasteiger partial charge in [0.2, 0.25) is 5.91 Å². The van der Waals surface area contributed by atoms with Crippen molar-refractivity contribution in [2.24, 2.45) is 0 Å². The summed E-state index contributed by atoms with van der Waals surface area (Å²) in [6.07, 6.45) is 6.78. The number of hydrogen-bond donors (Lipinski definition) is 1. The number of ether oxygens (including phenoxy) is 1. The number of nitrogens with one attached hydrogen (secondary N) is 1. The van der Waals surface area contributed by atoms with E-state index in [0.717, 1.165) is 29.0 Å². The van der Waals surface area contributed by atoms with Crippen molar-refractivity contribution in [1.29, 1.82) is 0 Å². The van der Waals surface area contributed by atoms with Crippen LogP contribution in [0.5, 0.6) is 0 Å². The van der Waals surface area contributed by atoms with Gasteiger partial charge in [-0.15, -0.1) is 0 Å². The van der Waals surface area contributed by atoms with Crippen LogP contribution in [0, 0.1) is 0 Å². The summed E-state index contributed by atoms with van der Waals surface area (Å²) in [5, 5.41) is 2.73. The monoisotopic (exact) mass is 255 g/mol. The van der Waals surface area contributed by atoms with Crippen molar-refractivity contribution in [1.82, 2.24) is 0 Å². The van der Waals surface area contributed by atoms with E-state index in [1.54, 1.807) is 0 Å². The van der Waals surface area contributed by atoms with Crippen LogP contribution in [0.25, 0.3) is 0 Å². The van der Waals surface area contributed by atoms with Crippen molar-refractivity contribution in [3.63, 3.8) is 0 Å². The van der Waals surface area contributed by atoms with Crippen LogP contribution in [-0.2, 0) is 16.1 Å². The number of amides is 1. The molecule has 1 aliphatic rings.